The van der Waals surface area contributed by atoms with Gasteiger partial charge in [0.2, 0.25) is 0 Å². The highest BCUT2D eigenvalue weighted by Gasteiger charge is 2.70. The molecule has 0 spiro atoms. The Balaban J connectivity index is 1.15. The van der Waals surface area contributed by atoms with E-state index in [1.165, 1.54) is 141 Å². The third kappa shape index (κ3) is 11.4. The maximum absolute atomic E-state index is 3.66. The van der Waals surface area contributed by atoms with E-state index in [2.05, 4.69) is 72.0 Å². The molecule has 15 rings (SSSR count). The van der Waals surface area contributed by atoms with Crippen molar-refractivity contribution in [2.24, 2.45) is 35.5 Å². The van der Waals surface area contributed by atoms with E-state index in [1.54, 1.807) is 244 Å². The van der Waals surface area contributed by atoms with Gasteiger partial charge in [-0.2, -0.15) is 0 Å². The molecule has 0 bridgehead atoms. The van der Waals surface area contributed by atoms with Crippen molar-refractivity contribution in [3.05, 3.63) is 65.1 Å². The first-order valence-corrected chi connectivity index (χ1v) is 48.6. The summed E-state index contributed by atoms with van der Waals surface area (Å²) in [5.74, 6) is 5.12. The normalized spacial score (nSPS) is 31.7. The van der Waals surface area contributed by atoms with Crippen LogP contribution in [-0.2, 0) is 0 Å². The predicted molar refractivity (Wildman–Crippen MR) is 387 cm³/mol. The minimum atomic E-state index is -2.69. The standard InChI is InChI=1S/C85H136Si3/c1-63-77(65-40-16-3-17-41-65)79(67-44-20-5-21-45-67)84(87(63,72-54-30-10-31-55-72)73-56-32-11-33-57-73)85-81(69-48-24-7-25-49-69)80(68-46-22-6-23-47-68)83(88(85,74-58-34-12-35-59-74)75-60-36-13-37-61-75)82-78(66-42-18-4-19-43-66)76(64-38-14-2-15-39-64)62-86(82,70-50-26-8-27-51-70)71-52-28-9-29-53-71/h62,64-75H,2-61H2,1H3. The van der Waals surface area contributed by atoms with Gasteiger partial charge in [0.15, 0.2) is 0 Å². The van der Waals surface area contributed by atoms with Gasteiger partial charge >= 0.3 is 0 Å². The highest BCUT2D eigenvalue weighted by atomic mass is 28.3. The average molecular weight is 1240 g/mol. The van der Waals surface area contributed by atoms with Gasteiger partial charge in [0, 0.05) is 0 Å². The molecule has 0 atom stereocenters. The molecular weight excluding hydrogens is 1110 g/mol. The van der Waals surface area contributed by atoms with Gasteiger partial charge in [-0.05, 0) is 197 Å². The molecule has 88 heavy (non-hydrogen) atoms. The van der Waals surface area contributed by atoms with E-state index in [4.69, 9.17) is 0 Å². The van der Waals surface area contributed by atoms with Crippen LogP contribution in [0.1, 0.15) is 392 Å². The molecule has 0 saturated heterocycles. The van der Waals surface area contributed by atoms with Crippen LogP contribution < -0.4 is 0 Å². The smallest absolute Gasteiger partial charge is 0.0857 e. The molecule has 12 fully saturated rings. The molecule has 0 amide bonds. The number of hydrogen-bond donors (Lipinski definition) is 0. The second kappa shape index (κ2) is 28.8. The largest absolute Gasteiger partial charge is 0.124 e. The molecule has 0 nitrogen and oxygen atoms in total. The molecule has 0 aromatic heterocycles. The fourth-order valence-electron chi connectivity index (χ4n) is 27.8. The summed E-state index contributed by atoms with van der Waals surface area (Å²) >= 11 is 0. The lowest BCUT2D eigenvalue weighted by Gasteiger charge is -2.57. The maximum Gasteiger partial charge on any atom is 0.124 e. The van der Waals surface area contributed by atoms with Crippen molar-refractivity contribution in [1.29, 1.82) is 0 Å². The van der Waals surface area contributed by atoms with Crippen molar-refractivity contribution in [3.63, 3.8) is 0 Å². The van der Waals surface area contributed by atoms with Crippen LogP contribution in [0.3, 0.4) is 0 Å². The van der Waals surface area contributed by atoms with Gasteiger partial charge in [0.1, 0.15) is 24.2 Å². The Kier molecular flexibility index (Phi) is 20.7. The zero-order valence-corrected chi connectivity index (χ0v) is 60.9. The van der Waals surface area contributed by atoms with E-state index in [1.807, 2.05) is 0 Å². The first-order valence-electron chi connectivity index (χ1n) is 42.1. The summed E-state index contributed by atoms with van der Waals surface area (Å²) in [4.78, 5) is 0. The molecule has 0 aromatic carbocycles. The minimum absolute atomic E-state index is 0.840. The van der Waals surface area contributed by atoms with Crippen LogP contribution in [0, 0.1) is 35.5 Å². The Morgan fingerprint density at radius 2 is 0.420 bits per heavy atom. The molecule has 488 valence electrons. The van der Waals surface area contributed by atoms with Crippen LogP contribution in [0.25, 0.3) is 0 Å². The van der Waals surface area contributed by atoms with Crippen LogP contribution in [0.2, 0.25) is 33.2 Å². The van der Waals surface area contributed by atoms with Gasteiger partial charge in [-0.15, -0.1) is 0 Å². The summed E-state index contributed by atoms with van der Waals surface area (Å²) in [5, 5.41) is 12.5. The van der Waals surface area contributed by atoms with Crippen molar-refractivity contribution in [3.8, 4) is 0 Å². The third-order valence-electron chi connectivity index (χ3n) is 31.2. The fourth-order valence-corrected chi connectivity index (χ4v) is 53.1. The topological polar surface area (TPSA) is 0 Å². The lowest BCUT2D eigenvalue weighted by Crippen LogP contribution is -2.58. The first-order chi connectivity index (χ1) is 43.6. The molecule has 0 unspecified atom stereocenters. The Morgan fingerprint density at radius 1 is 0.205 bits per heavy atom. The summed E-state index contributed by atoms with van der Waals surface area (Å²) < 4.78 is 0. The zero-order chi connectivity index (χ0) is 58.9. The van der Waals surface area contributed by atoms with Gasteiger partial charge in [-0.25, -0.2) is 0 Å². The Labute approximate surface area is 546 Å². The Hall–Kier alpha value is -0.909. The zero-order valence-electron chi connectivity index (χ0n) is 57.9. The average Bonchev–Trinajstić information content (AvgIpc) is 1.48. The first kappa shape index (κ1) is 63.2. The van der Waals surface area contributed by atoms with Crippen molar-refractivity contribution >= 4 is 24.2 Å². The highest BCUT2D eigenvalue weighted by molar-refractivity contribution is 7.07. The fraction of sp³-hybridized carbons (Fsp3) is 0.859. The lowest BCUT2D eigenvalue weighted by atomic mass is 9.71. The van der Waals surface area contributed by atoms with Gasteiger partial charge in [-0.1, -0.05) is 329 Å². The third-order valence-corrected chi connectivity index (χ3v) is 50.8. The molecule has 3 heterocycles. The van der Waals surface area contributed by atoms with Gasteiger partial charge in [0.25, 0.3) is 0 Å². The van der Waals surface area contributed by atoms with E-state index < -0.39 is 24.2 Å². The second-order valence-electron chi connectivity index (χ2n) is 35.5. The van der Waals surface area contributed by atoms with E-state index >= 15 is 0 Å². The summed E-state index contributed by atoms with van der Waals surface area (Å²) in [5.41, 5.74) is 23.5. The summed E-state index contributed by atoms with van der Waals surface area (Å²) in [6.07, 6.45) is 93.7. The molecule has 0 aromatic rings. The van der Waals surface area contributed by atoms with Gasteiger partial charge in [-0.3, -0.25) is 0 Å². The quantitative estimate of drug-likeness (QED) is 0.152. The number of rotatable bonds is 14. The second-order valence-corrected chi connectivity index (χ2v) is 48.8. The van der Waals surface area contributed by atoms with E-state index in [0.717, 1.165) is 68.8 Å². The van der Waals surface area contributed by atoms with Crippen molar-refractivity contribution in [2.45, 2.75) is 425 Å². The van der Waals surface area contributed by atoms with Crippen LogP contribution in [0.5, 0.6) is 0 Å². The van der Waals surface area contributed by atoms with E-state index in [0.29, 0.717) is 0 Å². The molecule has 0 N–H and O–H groups in total. The monoisotopic (exact) mass is 1240 g/mol. The molecule has 12 saturated carbocycles. The van der Waals surface area contributed by atoms with E-state index in [-0.39, 0.29) is 0 Å². The molecule has 15 aliphatic rings. The van der Waals surface area contributed by atoms with Crippen molar-refractivity contribution < 1.29 is 0 Å². The van der Waals surface area contributed by atoms with Crippen LogP contribution in [0.4, 0.5) is 0 Å². The lowest BCUT2D eigenvalue weighted by molar-refractivity contribution is 0.371. The summed E-state index contributed by atoms with van der Waals surface area (Å²) in [6, 6.07) is 0. The van der Waals surface area contributed by atoms with Crippen LogP contribution in [-0.4, -0.2) is 24.2 Å². The number of hydrogen-bond acceptors (Lipinski definition) is 0. The maximum atomic E-state index is 3.66. The Morgan fingerprint density at radius 3 is 0.739 bits per heavy atom. The number of allylic oxidation sites excluding steroid dienone is 11. The van der Waals surface area contributed by atoms with Crippen LogP contribution in [0.15, 0.2) is 65.1 Å². The molecule has 12 aliphatic carbocycles. The Bertz CT molecular complexity index is 2480. The van der Waals surface area contributed by atoms with Crippen LogP contribution >= 0.6 is 0 Å². The molecule has 0 radical (unpaired) electrons. The van der Waals surface area contributed by atoms with Gasteiger partial charge in [0.05, 0.1) is 0 Å². The van der Waals surface area contributed by atoms with Gasteiger partial charge < -0.3 is 0 Å². The molecular formula is C85H136Si3. The van der Waals surface area contributed by atoms with E-state index in [9.17, 15) is 0 Å². The predicted octanol–water partition coefficient (Wildman–Crippen LogP) is 27.5. The minimum Gasteiger partial charge on any atom is -0.0857 e. The highest BCUT2D eigenvalue weighted by Crippen LogP contribution is 2.75. The molecule has 3 heteroatoms. The van der Waals surface area contributed by atoms with Crippen molar-refractivity contribution in [2.75, 3.05) is 0 Å². The summed E-state index contributed by atoms with van der Waals surface area (Å²) in [7, 11) is -7.42. The SMILES string of the molecule is CC1=C(C2CCCCC2)C(C2CCCCC2)=C(C2=C(C3CCCCC3)C(C3CCCCC3)=C(C3=C(C4CCCCC4)C(C4CCCCC4)=C[Si]3(C3CCCCC3)C3CCCCC3)[Si]2(C2CCCCC2)C2CCCCC2)[Si]1(C1CCCCC1)C1CCCCC1. The van der Waals surface area contributed by atoms with Crippen molar-refractivity contribution in [1.82, 2.24) is 0 Å². The summed E-state index contributed by atoms with van der Waals surface area (Å²) in [6.45, 7) is 3.12. The molecule has 3 aliphatic heterocycles.